The Morgan fingerprint density at radius 1 is 1.46 bits per heavy atom. The van der Waals surface area contributed by atoms with Gasteiger partial charge < -0.3 is 4.90 Å². The van der Waals surface area contributed by atoms with Gasteiger partial charge in [0.15, 0.2) is 0 Å². The van der Waals surface area contributed by atoms with Crippen molar-refractivity contribution in [3.63, 3.8) is 0 Å². The smallest absolute Gasteiger partial charge is 0.0621 e. The fourth-order valence-corrected chi connectivity index (χ4v) is 1.99. The Morgan fingerprint density at radius 2 is 2.31 bits per heavy atom. The molecule has 2 nitrogen and oxygen atoms in total. The second-order valence-electron chi connectivity index (χ2n) is 3.98. The molecule has 1 heterocycles. The highest BCUT2D eigenvalue weighted by molar-refractivity contribution is 4.75. The molecule has 0 radical (unpaired) electrons. The van der Waals surface area contributed by atoms with Gasteiger partial charge in [0.05, 0.1) is 6.07 Å². The van der Waals surface area contributed by atoms with Gasteiger partial charge in [-0.05, 0) is 38.3 Å². The number of likely N-dealkylation sites (tertiary alicyclic amines) is 1. The second-order valence-corrected chi connectivity index (χ2v) is 3.98. The molecule has 2 heteroatoms. The van der Waals surface area contributed by atoms with E-state index in [0.29, 0.717) is 0 Å². The van der Waals surface area contributed by atoms with Gasteiger partial charge in [0.2, 0.25) is 0 Å². The molecule has 0 bridgehead atoms. The molecule has 1 rings (SSSR count). The molecule has 0 aromatic heterocycles. The summed E-state index contributed by atoms with van der Waals surface area (Å²) in [5.41, 5.74) is 0. The molecule has 1 atom stereocenters. The number of unbranched alkanes of at least 4 members (excludes halogenated alkanes) is 2. The van der Waals surface area contributed by atoms with Crippen LogP contribution in [0.3, 0.4) is 0 Å². The topological polar surface area (TPSA) is 27.0 Å². The third-order valence-corrected chi connectivity index (χ3v) is 2.96. The van der Waals surface area contributed by atoms with E-state index >= 15 is 0 Å². The van der Waals surface area contributed by atoms with E-state index in [1.807, 2.05) is 0 Å². The van der Waals surface area contributed by atoms with Gasteiger partial charge in [-0.1, -0.05) is 13.3 Å². The predicted molar refractivity (Wildman–Crippen MR) is 54.3 cm³/mol. The Balaban J connectivity index is 2.01. The van der Waals surface area contributed by atoms with Crippen LogP contribution in [0.15, 0.2) is 0 Å². The average Bonchev–Trinajstić information content (AvgIpc) is 2.60. The van der Waals surface area contributed by atoms with E-state index in [0.717, 1.165) is 18.8 Å². The molecule has 1 saturated heterocycles. The molecule has 0 N–H and O–H groups in total. The summed E-state index contributed by atoms with van der Waals surface area (Å²) in [6.45, 7) is 6.07. The number of nitrogens with zero attached hydrogens (tertiary/aromatic N) is 2. The summed E-state index contributed by atoms with van der Waals surface area (Å²) in [5, 5.41) is 8.37. The van der Waals surface area contributed by atoms with Crippen LogP contribution in [0.4, 0.5) is 0 Å². The van der Waals surface area contributed by atoms with Crippen molar-refractivity contribution in [1.29, 1.82) is 5.26 Å². The van der Waals surface area contributed by atoms with Crippen LogP contribution in [0.2, 0.25) is 0 Å². The van der Waals surface area contributed by atoms with Crippen molar-refractivity contribution in [3.05, 3.63) is 0 Å². The van der Waals surface area contributed by atoms with Crippen LogP contribution >= 0.6 is 0 Å². The normalized spacial score (nSPS) is 23.2. The van der Waals surface area contributed by atoms with Crippen molar-refractivity contribution in [2.24, 2.45) is 5.92 Å². The highest BCUT2D eigenvalue weighted by Gasteiger charge is 2.19. The van der Waals surface area contributed by atoms with E-state index < -0.39 is 0 Å². The first kappa shape index (κ1) is 10.5. The summed E-state index contributed by atoms with van der Waals surface area (Å²) in [6.07, 6.45) is 5.71. The van der Waals surface area contributed by atoms with Crippen LogP contribution in [0.5, 0.6) is 0 Å². The first-order valence-electron chi connectivity index (χ1n) is 5.46. The Labute approximate surface area is 81.5 Å². The molecule has 0 spiro atoms. The first-order chi connectivity index (χ1) is 6.36. The fourth-order valence-electron chi connectivity index (χ4n) is 1.99. The minimum absolute atomic E-state index is 0.727. The van der Waals surface area contributed by atoms with Crippen LogP contribution in [0.25, 0.3) is 0 Å². The lowest BCUT2D eigenvalue weighted by molar-refractivity contribution is 0.315. The first-order valence-corrected chi connectivity index (χ1v) is 5.46. The van der Waals surface area contributed by atoms with Crippen LogP contribution in [0, 0.1) is 17.2 Å². The molecule has 74 valence electrons. The monoisotopic (exact) mass is 180 g/mol. The molecule has 1 unspecified atom stereocenters. The fraction of sp³-hybridized carbons (Fsp3) is 0.909. The molecule has 0 saturated carbocycles. The minimum atomic E-state index is 0.727. The third kappa shape index (κ3) is 3.78. The van der Waals surface area contributed by atoms with Crippen molar-refractivity contribution in [1.82, 2.24) is 4.90 Å². The summed E-state index contributed by atoms with van der Waals surface area (Å²) in [4.78, 5) is 2.55. The molecule has 0 aromatic carbocycles. The minimum Gasteiger partial charge on any atom is -0.303 e. The molecule has 0 aliphatic carbocycles. The molecule has 1 aliphatic rings. The summed E-state index contributed by atoms with van der Waals surface area (Å²) in [5.74, 6) is 0.941. The number of hydrogen-bond acceptors (Lipinski definition) is 2. The SMILES string of the molecule is CCC1CCN(CCCCC#N)C1. The Morgan fingerprint density at radius 3 is 2.92 bits per heavy atom. The number of hydrogen-bond donors (Lipinski definition) is 0. The third-order valence-electron chi connectivity index (χ3n) is 2.96. The van der Waals surface area contributed by atoms with Gasteiger partial charge in [0, 0.05) is 13.0 Å². The van der Waals surface area contributed by atoms with Crippen LogP contribution in [-0.4, -0.2) is 24.5 Å². The van der Waals surface area contributed by atoms with E-state index in [9.17, 15) is 0 Å². The maximum absolute atomic E-state index is 8.37. The molecule has 1 aliphatic heterocycles. The van der Waals surface area contributed by atoms with Gasteiger partial charge >= 0.3 is 0 Å². The van der Waals surface area contributed by atoms with Gasteiger partial charge in [-0.3, -0.25) is 0 Å². The van der Waals surface area contributed by atoms with Crippen molar-refractivity contribution < 1.29 is 0 Å². The Hall–Kier alpha value is -0.550. The van der Waals surface area contributed by atoms with E-state index in [4.69, 9.17) is 5.26 Å². The average molecular weight is 180 g/mol. The lowest BCUT2D eigenvalue weighted by atomic mass is 10.1. The predicted octanol–water partition coefficient (Wildman–Crippen LogP) is 2.41. The maximum Gasteiger partial charge on any atom is 0.0621 e. The molecule has 1 fully saturated rings. The van der Waals surface area contributed by atoms with Crippen molar-refractivity contribution in [3.8, 4) is 6.07 Å². The van der Waals surface area contributed by atoms with Gasteiger partial charge in [0.25, 0.3) is 0 Å². The standard InChI is InChI=1S/C11H20N2/c1-2-11-6-9-13(10-11)8-5-3-4-7-12/h11H,2-6,8-10H2,1H3. The molecule has 0 aromatic rings. The van der Waals surface area contributed by atoms with Crippen molar-refractivity contribution in [2.75, 3.05) is 19.6 Å². The van der Waals surface area contributed by atoms with E-state index in [2.05, 4.69) is 17.9 Å². The Kier molecular flexibility index (Phi) is 4.85. The zero-order chi connectivity index (χ0) is 9.52. The van der Waals surface area contributed by atoms with Crippen molar-refractivity contribution >= 4 is 0 Å². The summed E-state index contributed by atoms with van der Waals surface area (Å²) in [6, 6.07) is 2.19. The molecular weight excluding hydrogens is 160 g/mol. The number of rotatable bonds is 5. The molecule has 13 heavy (non-hydrogen) atoms. The lowest BCUT2D eigenvalue weighted by Crippen LogP contribution is -2.21. The van der Waals surface area contributed by atoms with Crippen LogP contribution in [-0.2, 0) is 0 Å². The van der Waals surface area contributed by atoms with Gasteiger partial charge in [0.1, 0.15) is 0 Å². The largest absolute Gasteiger partial charge is 0.303 e. The van der Waals surface area contributed by atoms with Crippen LogP contribution in [0.1, 0.15) is 39.0 Å². The summed E-state index contributed by atoms with van der Waals surface area (Å²) >= 11 is 0. The highest BCUT2D eigenvalue weighted by Crippen LogP contribution is 2.19. The number of nitriles is 1. The zero-order valence-electron chi connectivity index (χ0n) is 8.63. The van der Waals surface area contributed by atoms with Crippen molar-refractivity contribution in [2.45, 2.75) is 39.0 Å². The van der Waals surface area contributed by atoms with Gasteiger partial charge in [-0.2, -0.15) is 5.26 Å². The lowest BCUT2D eigenvalue weighted by Gasteiger charge is -2.14. The summed E-state index contributed by atoms with van der Waals surface area (Å²) in [7, 11) is 0. The van der Waals surface area contributed by atoms with E-state index in [1.165, 1.54) is 38.9 Å². The Bertz CT molecular complexity index is 171. The van der Waals surface area contributed by atoms with Gasteiger partial charge in [-0.15, -0.1) is 0 Å². The summed E-state index contributed by atoms with van der Waals surface area (Å²) < 4.78 is 0. The zero-order valence-corrected chi connectivity index (χ0v) is 8.63. The highest BCUT2D eigenvalue weighted by atomic mass is 15.1. The van der Waals surface area contributed by atoms with Gasteiger partial charge in [-0.25, -0.2) is 0 Å². The quantitative estimate of drug-likeness (QED) is 0.607. The van der Waals surface area contributed by atoms with E-state index in [1.54, 1.807) is 0 Å². The molecular formula is C11H20N2. The second kappa shape index (κ2) is 5.99. The van der Waals surface area contributed by atoms with Crippen LogP contribution < -0.4 is 0 Å². The maximum atomic E-state index is 8.37. The van der Waals surface area contributed by atoms with E-state index in [-0.39, 0.29) is 0 Å². The molecule has 0 amide bonds.